The normalized spacial score (nSPS) is 11.6. The standard InChI is InChI=1S/C22H27N3O5S2/c1-28-14-12-25(13-15-29-2)32(26,27)18-10-8-17(9-11-18)20-16-31-22(24-20)23-19-6-4-5-7-21(19)30-3/h4-11,16H,12-15H2,1-3H3,(H,23,24). The summed E-state index contributed by atoms with van der Waals surface area (Å²) in [5.74, 6) is 0.727. The van der Waals surface area contributed by atoms with Crippen molar-refractivity contribution in [3.05, 3.63) is 53.9 Å². The molecule has 0 radical (unpaired) electrons. The number of anilines is 2. The first-order valence-corrected chi connectivity index (χ1v) is 12.3. The predicted molar refractivity (Wildman–Crippen MR) is 126 cm³/mol. The van der Waals surface area contributed by atoms with Gasteiger partial charge >= 0.3 is 0 Å². The van der Waals surface area contributed by atoms with Gasteiger partial charge in [0.2, 0.25) is 10.0 Å². The maximum atomic E-state index is 13.0. The van der Waals surface area contributed by atoms with Crippen LogP contribution in [0.5, 0.6) is 5.75 Å². The van der Waals surface area contributed by atoms with E-state index in [0.717, 1.165) is 22.7 Å². The van der Waals surface area contributed by atoms with E-state index >= 15 is 0 Å². The van der Waals surface area contributed by atoms with Gasteiger partial charge in [-0.1, -0.05) is 24.3 Å². The minimum absolute atomic E-state index is 0.219. The smallest absolute Gasteiger partial charge is 0.243 e. The van der Waals surface area contributed by atoms with Crippen molar-refractivity contribution in [3.63, 3.8) is 0 Å². The summed E-state index contributed by atoms with van der Waals surface area (Å²) in [4.78, 5) is 4.84. The van der Waals surface area contributed by atoms with Crippen LogP contribution in [0.3, 0.4) is 0 Å². The molecule has 0 unspecified atom stereocenters. The molecule has 0 saturated heterocycles. The number of nitrogens with zero attached hydrogens (tertiary/aromatic N) is 2. The molecule has 0 saturated carbocycles. The fraction of sp³-hybridized carbons (Fsp3) is 0.318. The average molecular weight is 478 g/mol. The first-order valence-electron chi connectivity index (χ1n) is 9.93. The van der Waals surface area contributed by atoms with E-state index in [1.165, 1.54) is 15.6 Å². The zero-order chi connectivity index (χ0) is 23.0. The number of nitrogens with one attached hydrogen (secondary N) is 1. The van der Waals surface area contributed by atoms with Crippen LogP contribution in [0.4, 0.5) is 10.8 Å². The summed E-state index contributed by atoms with van der Waals surface area (Å²) in [6.07, 6.45) is 0. The maximum absolute atomic E-state index is 13.0. The Morgan fingerprint density at radius 2 is 1.62 bits per heavy atom. The summed E-state index contributed by atoms with van der Waals surface area (Å²) < 4.78 is 42.9. The Balaban J connectivity index is 1.76. The van der Waals surface area contributed by atoms with E-state index in [-0.39, 0.29) is 18.0 Å². The Hall–Kier alpha value is -2.50. The second kappa shape index (κ2) is 11.4. The van der Waals surface area contributed by atoms with Crippen molar-refractivity contribution in [2.45, 2.75) is 4.90 Å². The van der Waals surface area contributed by atoms with E-state index in [0.29, 0.717) is 18.3 Å². The Morgan fingerprint density at radius 1 is 0.969 bits per heavy atom. The van der Waals surface area contributed by atoms with E-state index in [9.17, 15) is 8.42 Å². The Kier molecular flexibility index (Phi) is 8.60. The number of hydrogen-bond acceptors (Lipinski definition) is 8. The lowest BCUT2D eigenvalue weighted by atomic mass is 10.2. The lowest BCUT2D eigenvalue weighted by molar-refractivity contribution is 0.150. The fourth-order valence-corrected chi connectivity index (χ4v) is 5.15. The van der Waals surface area contributed by atoms with Gasteiger partial charge in [0.25, 0.3) is 0 Å². The molecule has 3 rings (SSSR count). The predicted octanol–water partition coefficient (Wildman–Crippen LogP) is 3.85. The zero-order valence-electron chi connectivity index (χ0n) is 18.3. The monoisotopic (exact) mass is 477 g/mol. The zero-order valence-corrected chi connectivity index (χ0v) is 19.9. The molecule has 0 aliphatic carbocycles. The highest BCUT2D eigenvalue weighted by Crippen LogP contribution is 2.31. The first-order chi connectivity index (χ1) is 15.5. The molecule has 0 atom stereocenters. The van der Waals surface area contributed by atoms with Crippen molar-refractivity contribution in [2.24, 2.45) is 0 Å². The molecule has 1 aromatic heterocycles. The molecule has 0 spiro atoms. The van der Waals surface area contributed by atoms with Crippen LogP contribution in [0.2, 0.25) is 0 Å². The van der Waals surface area contributed by atoms with Gasteiger partial charge in [0.05, 0.1) is 36.6 Å². The number of para-hydroxylation sites is 2. The van der Waals surface area contributed by atoms with Crippen molar-refractivity contribution in [2.75, 3.05) is 52.9 Å². The molecule has 1 heterocycles. The Labute approximate surface area is 192 Å². The third kappa shape index (κ3) is 5.84. The van der Waals surface area contributed by atoms with Gasteiger partial charge in [-0.25, -0.2) is 13.4 Å². The van der Waals surface area contributed by atoms with Crippen LogP contribution < -0.4 is 10.1 Å². The van der Waals surface area contributed by atoms with E-state index in [1.54, 1.807) is 45.6 Å². The first kappa shape index (κ1) is 24.1. The van der Waals surface area contributed by atoms with Crippen LogP contribution in [-0.2, 0) is 19.5 Å². The second-order valence-electron chi connectivity index (χ2n) is 6.78. The van der Waals surface area contributed by atoms with Crippen LogP contribution in [0, 0.1) is 0 Å². The maximum Gasteiger partial charge on any atom is 0.243 e. The lowest BCUT2D eigenvalue weighted by Crippen LogP contribution is -2.36. The highest BCUT2D eigenvalue weighted by molar-refractivity contribution is 7.89. The third-order valence-corrected chi connectivity index (χ3v) is 7.40. The van der Waals surface area contributed by atoms with Gasteiger partial charge in [-0.3, -0.25) is 0 Å². The SMILES string of the molecule is COCCN(CCOC)S(=O)(=O)c1ccc(-c2csc(Nc3ccccc3OC)n2)cc1. The van der Waals surface area contributed by atoms with E-state index in [4.69, 9.17) is 14.2 Å². The molecule has 0 bridgehead atoms. The van der Waals surface area contributed by atoms with Crippen molar-refractivity contribution < 1.29 is 22.6 Å². The molecular formula is C22H27N3O5S2. The molecule has 10 heteroatoms. The molecule has 1 N–H and O–H groups in total. The highest BCUT2D eigenvalue weighted by Gasteiger charge is 2.24. The average Bonchev–Trinajstić information content (AvgIpc) is 3.28. The van der Waals surface area contributed by atoms with Crippen molar-refractivity contribution in [1.29, 1.82) is 0 Å². The van der Waals surface area contributed by atoms with Gasteiger partial charge in [0, 0.05) is 38.3 Å². The van der Waals surface area contributed by atoms with Gasteiger partial charge in [-0.2, -0.15) is 4.31 Å². The number of rotatable bonds is 12. The minimum Gasteiger partial charge on any atom is -0.495 e. The topological polar surface area (TPSA) is 90.0 Å². The molecule has 3 aromatic rings. The van der Waals surface area contributed by atoms with Crippen LogP contribution >= 0.6 is 11.3 Å². The van der Waals surface area contributed by atoms with Crippen molar-refractivity contribution >= 4 is 32.2 Å². The molecule has 0 fully saturated rings. The largest absolute Gasteiger partial charge is 0.495 e. The van der Waals surface area contributed by atoms with Crippen molar-refractivity contribution in [3.8, 4) is 17.0 Å². The lowest BCUT2D eigenvalue weighted by Gasteiger charge is -2.21. The summed E-state index contributed by atoms with van der Waals surface area (Å²) in [5.41, 5.74) is 2.41. The highest BCUT2D eigenvalue weighted by atomic mass is 32.2. The van der Waals surface area contributed by atoms with Gasteiger partial charge in [-0.05, 0) is 24.3 Å². The Morgan fingerprint density at radius 3 is 2.25 bits per heavy atom. The molecule has 0 aliphatic heterocycles. The minimum atomic E-state index is -3.66. The van der Waals surface area contributed by atoms with Crippen LogP contribution in [0.25, 0.3) is 11.3 Å². The fourth-order valence-electron chi connectivity index (χ4n) is 3.01. The third-order valence-electron chi connectivity index (χ3n) is 4.73. The molecule has 8 nitrogen and oxygen atoms in total. The summed E-state index contributed by atoms with van der Waals surface area (Å²) in [6, 6.07) is 14.3. The number of thiazole rings is 1. The van der Waals surface area contributed by atoms with Crippen LogP contribution in [0.1, 0.15) is 0 Å². The summed E-state index contributed by atoms with van der Waals surface area (Å²) in [7, 11) is 1.05. The summed E-state index contributed by atoms with van der Waals surface area (Å²) in [5, 5.41) is 5.90. The molecular weight excluding hydrogens is 450 g/mol. The van der Waals surface area contributed by atoms with Gasteiger partial charge in [0.15, 0.2) is 5.13 Å². The molecule has 0 amide bonds. The summed E-state index contributed by atoms with van der Waals surface area (Å²) in [6.45, 7) is 1.13. The molecule has 2 aromatic carbocycles. The van der Waals surface area contributed by atoms with E-state index < -0.39 is 10.0 Å². The van der Waals surface area contributed by atoms with Gasteiger partial charge in [-0.15, -0.1) is 11.3 Å². The van der Waals surface area contributed by atoms with Gasteiger partial charge in [0.1, 0.15) is 5.75 Å². The quantitative estimate of drug-likeness (QED) is 0.424. The Bertz CT molecular complexity index is 1090. The van der Waals surface area contributed by atoms with Crippen LogP contribution in [-0.4, -0.2) is 65.3 Å². The molecule has 0 aliphatic rings. The number of hydrogen-bond donors (Lipinski definition) is 1. The van der Waals surface area contributed by atoms with E-state index in [1.807, 2.05) is 29.6 Å². The molecule has 32 heavy (non-hydrogen) atoms. The number of sulfonamides is 1. The van der Waals surface area contributed by atoms with E-state index in [2.05, 4.69) is 10.3 Å². The van der Waals surface area contributed by atoms with Gasteiger partial charge < -0.3 is 19.5 Å². The molecule has 172 valence electrons. The number of ether oxygens (including phenoxy) is 3. The number of methoxy groups -OCH3 is 3. The summed E-state index contributed by atoms with van der Waals surface area (Å²) >= 11 is 1.46. The second-order valence-corrected chi connectivity index (χ2v) is 9.57. The van der Waals surface area contributed by atoms with Crippen molar-refractivity contribution in [1.82, 2.24) is 9.29 Å². The number of benzene rings is 2. The number of aromatic nitrogens is 1. The van der Waals surface area contributed by atoms with Crippen LogP contribution in [0.15, 0.2) is 58.8 Å².